The molecule has 0 bridgehead atoms. The number of carbonyl (C=O) groups excluding carboxylic acids is 2. The molecule has 0 spiro atoms. The van der Waals surface area contributed by atoms with E-state index in [9.17, 15) is 9.59 Å². The Morgan fingerprint density at radius 1 is 1.42 bits per heavy atom. The minimum Gasteiger partial charge on any atom is -0.464 e. The highest BCUT2D eigenvalue weighted by molar-refractivity contribution is 6.03. The van der Waals surface area contributed by atoms with Crippen molar-refractivity contribution in [2.24, 2.45) is 0 Å². The molecule has 1 amide bonds. The second kappa shape index (κ2) is 5.43. The Labute approximate surface area is 113 Å². The molecule has 1 heterocycles. The molecule has 19 heavy (non-hydrogen) atoms. The first-order chi connectivity index (χ1) is 9.06. The highest BCUT2D eigenvalue weighted by Crippen LogP contribution is 2.31. The molecule has 2 rings (SSSR count). The fraction of sp³-hybridized carbons (Fsp3) is 0.467. The van der Waals surface area contributed by atoms with Gasteiger partial charge in [-0.1, -0.05) is 12.1 Å². The third kappa shape index (κ3) is 2.48. The molecule has 4 heteroatoms. The number of anilines is 1. The Kier molecular flexibility index (Phi) is 3.88. The van der Waals surface area contributed by atoms with Gasteiger partial charge in [0.2, 0.25) is 5.91 Å². The van der Waals surface area contributed by atoms with Crippen LogP contribution >= 0.6 is 0 Å². The third-order valence-corrected chi connectivity index (χ3v) is 3.61. The fourth-order valence-corrected chi connectivity index (χ4v) is 2.44. The minimum absolute atomic E-state index is 0.00764. The molecule has 1 aliphatic rings. The number of carbonyl (C=O) groups is 2. The zero-order chi connectivity index (χ0) is 14.0. The molecule has 1 aliphatic heterocycles. The Morgan fingerprint density at radius 2 is 2.16 bits per heavy atom. The van der Waals surface area contributed by atoms with Crippen molar-refractivity contribution in [3.05, 3.63) is 29.3 Å². The molecule has 1 unspecified atom stereocenters. The second-order valence-electron chi connectivity index (χ2n) is 4.79. The molecular weight excluding hydrogens is 242 g/mol. The summed E-state index contributed by atoms with van der Waals surface area (Å²) in [5.74, 6) is -0.319. The first kappa shape index (κ1) is 13.6. The molecule has 4 nitrogen and oxygen atoms in total. The lowest BCUT2D eigenvalue weighted by Crippen LogP contribution is -2.40. The van der Waals surface area contributed by atoms with Crippen LogP contribution in [0.3, 0.4) is 0 Å². The summed E-state index contributed by atoms with van der Waals surface area (Å²) < 4.78 is 5.06. The summed E-state index contributed by atoms with van der Waals surface area (Å²) in [6, 6.07) is 5.31. The Bertz CT molecular complexity index is 510. The maximum Gasteiger partial charge on any atom is 0.329 e. The predicted octanol–water partition coefficient (Wildman–Crippen LogP) is 2.36. The highest BCUT2D eigenvalue weighted by Gasteiger charge is 2.38. The molecule has 1 saturated heterocycles. The van der Waals surface area contributed by atoms with Crippen molar-refractivity contribution >= 4 is 17.6 Å². The van der Waals surface area contributed by atoms with E-state index in [2.05, 4.69) is 0 Å². The summed E-state index contributed by atoms with van der Waals surface area (Å²) in [5, 5.41) is 0. The largest absolute Gasteiger partial charge is 0.464 e. The molecule has 0 saturated carbocycles. The first-order valence-corrected chi connectivity index (χ1v) is 6.61. The van der Waals surface area contributed by atoms with Crippen LogP contribution in [0.5, 0.6) is 0 Å². The topological polar surface area (TPSA) is 46.6 Å². The maximum absolute atomic E-state index is 12.1. The third-order valence-electron chi connectivity index (χ3n) is 3.61. The standard InChI is InChI=1S/C15H19NO3/c1-4-19-15(18)13-8-9-14(17)16(13)12-7-5-6-10(2)11(12)3/h5-7,13H,4,8-9H2,1-3H3. The van der Waals surface area contributed by atoms with Gasteiger partial charge < -0.3 is 4.74 Å². The van der Waals surface area contributed by atoms with Crippen LogP contribution in [-0.4, -0.2) is 24.5 Å². The van der Waals surface area contributed by atoms with E-state index in [-0.39, 0.29) is 11.9 Å². The van der Waals surface area contributed by atoms with Gasteiger partial charge in [0.1, 0.15) is 6.04 Å². The summed E-state index contributed by atoms with van der Waals surface area (Å²) in [5.41, 5.74) is 2.97. The number of nitrogens with zero attached hydrogens (tertiary/aromatic N) is 1. The van der Waals surface area contributed by atoms with E-state index >= 15 is 0 Å². The van der Waals surface area contributed by atoms with Gasteiger partial charge in [0.25, 0.3) is 0 Å². The highest BCUT2D eigenvalue weighted by atomic mass is 16.5. The second-order valence-corrected chi connectivity index (χ2v) is 4.79. The average molecular weight is 261 g/mol. The molecule has 0 aliphatic carbocycles. The van der Waals surface area contributed by atoms with Gasteiger partial charge in [0.15, 0.2) is 0 Å². The van der Waals surface area contributed by atoms with Crippen molar-refractivity contribution in [3.63, 3.8) is 0 Å². The van der Waals surface area contributed by atoms with Crippen LogP contribution in [0, 0.1) is 13.8 Å². The molecule has 1 aromatic carbocycles. The van der Waals surface area contributed by atoms with Crippen molar-refractivity contribution in [1.29, 1.82) is 0 Å². The molecule has 0 aromatic heterocycles. The number of hydrogen-bond donors (Lipinski definition) is 0. The van der Waals surface area contributed by atoms with Gasteiger partial charge in [-0.25, -0.2) is 4.79 Å². The van der Waals surface area contributed by atoms with Crippen molar-refractivity contribution < 1.29 is 14.3 Å². The van der Waals surface area contributed by atoms with Crippen LogP contribution in [0.25, 0.3) is 0 Å². The van der Waals surface area contributed by atoms with Gasteiger partial charge in [-0.05, 0) is 44.4 Å². The number of aryl methyl sites for hydroxylation is 1. The van der Waals surface area contributed by atoms with Crippen LogP contribution < -0.4 is 4.90 Å². The van der Waals surface area contributed by atoms with E-state index in [0.717, 1.165) is 16.8 Å². The summed E-state index contributed by atoms with van der Waals surface area (Å²) in [7, 11) is 0. The molecular formula is C15H19NO3. The van der Waals surface area contributed by atoms with Crippen molar-refractivity contribution in [1.82, 2.24) is 0 Å². The Hall–Kier alpha value is -1.84. The minimum atomic E-state index is -0.479. The van der Waals surface area contributed by atoms with E-state index in [0.29, 0.717) is 19.4 Å². The number of hydrogen-bond acceptors (Lipinski definition) is 3. The van der Waals surface area contributed by atoms with Crippen molar-refractivity contribution in [2.45, 2.75) is 39.7 Å². The first-order valence-electron chi connectivity index (χ1n) is 6.61. The predicted molar refractivity (Wildman–Crippen MR) is 73.1 cm³/mol. The summed E-state index contributed by atoms with van der Waals surface area (Å²) in [6.07, 6.45) is 0.932. The lowest BCUT2D eigenvalue weighted by atomic mass is 10.1. The van der Waals surface area contributed by atoms with E-state index in [1.165, 1.54) is 0 Å². The van der Waals surface area contributed by atoms with Crippen LogP contribution in [0.2, 0.25) is 0 Å². The monoisotopic (exact) mass is 261 g/mol. The van der Waals surface area contributed by atoms with E-state index in [1.807, 2.05) is 32.0 Å². The Morgan fingerprint density at radius 3 is 2.84 bits per heavy atom. The summed E-state index contributed by atoms with van der Waals surface area (Å²) in [6.45, 7) is 6.08. The Balaban J connectivity index is 2.37. The summed E-state index contributed by atoms with van der Waals surface area (Å²) >= 11 is 0. The normalized spacial score (nSPS) is 18.8. The molecule has 0 radical (unpaired) electrons. The number of rotatable bonds is 3. The van der Waals surface area contributed by atoms with E-state index in [4.69, 9.17) is 4.74 Å². The van der Waals surface area contributed by atoms with Gasteiger partial charge in [-0.2, -0.15) is 0 Å². The van der Waals surface area contributed by atoms with Crippen LogP contribution in [0.4, 0.5) is 5.69 Å². The smallest absolute Gasteiger partial charge is 0.329 e. The number of amides is 1. The maximum atomic E-state index is 12.1. The van der Waals surface area contributed by atoms with E-state index in [1.54, 1.807) is 11.8 Å². The lowest BCUT2D eigenvalue weighted by molar-refractivity contribution is -0.144. The molecule has 102 valence electrons. The zero-order valence-electron chi connectivity index (χ0n) is 11.6. The van der Waals surface area contributed by atoms with Gasteiger partial charge in [0, 0.05) is 12.1 Å². The zero-order valence-corrected chi connectivity index (χ0v) is 11.6. The number of ether oxygens (including phenoxy) is 1. The fourth-order valence-electron chi connectivity index (χ4n) is 2.44. The van der Waals surface area contributed by atoms with E-state index < -0.39 is 6.04 Å². The molecule has 0 N–H and O–H groups in total. The molecule has 1 fully saturated rings. The lowest BCUT2D eigenvalue weighted by Gasteiger charge is -2.25. The van der Waals surface area contributed by atoms with Gasteiger partial charge >= 0.3 is 5.97 Å². The van der Waals surface area contributed by atoms with Crippen LogP contribution in [-0.2, 0) is 14.3 Å². The number of esters is 1. The van der Waals surface area contributed by atoms with Gasteiger partial charge in [0.05, 0.1) is 6.61 Å². The van der Waals surface area contributed by atoms with Gasteiger partial charge in [-0.15, -0.1) is 0 Å². The van der Waals surface area contributed by atoms with Crippen LogP contribution in [0.15, 0.2) is 18.2 Å². The SMILES string of the molecule is CCOC(=O)C1CCC(=O)N1c1cccc(C)c1C. The number of benzene rings is 1. The average Bonchev–Trinajstić information content (AvgIpc) is 2.75. The van der Waals surface area contributed by atoms with Crippen LogP contribution in [0.1, 0.15) is 30.9 Å². The quantitative estimate of drug-likeness (QED) is 0.785. The molecule has 1 aromatic rings. The van der Waals surface area contributed by atoms with Crippen molar-refractivity contribution in [2.75, 3.05) is 11.5 Å². The molecule has 1 atom stereocenters. The summed E-state index contributed by atoms with van der Waals surface area (Å²) in [4.78, 5) is 25.6. The van der Waals surface area contributed by atoms with Crippen molar-refractivity contribution in [3.8, 4) is 0 Å². The van der Waals surface area contributed by atoms with Gasteiger partial charge in [-0.3, -0.25) is 9.69 Å².